The van der Waals surface area contributed by atoms with Gasteiger partial charge in [0.05, 0.1) is 11.6 Å². The fourth-order valence-corrected chi connectivity index (χ4v) is 4.48. The van der Waals surface area contributed by atoms with Crippen molar-refractivity contribution in [2.24, 2.45) is 0 Å². The number of nitrogens with zero attached hydrogens (tertiary/aromatic N) is 1. The van der Waals surface area contributed by atoms with Crippen molar-refractivity contribution in [2.75, 3.05) is 17.3 Å². The Morgan fingerprint density at radius 2 is 1.90 bits per heavy atom. The Morgan fingerprint density at radius 1 is 1.13 bits per heavy atom. The highest BCUT2D eigenvalue weighted by Crippen LogP contribution is 2.40. The van der Waals surface area contributed by atoms with E-state index >= 15 is 0 Å². The van der Waals surface area contributed by atoms with Crippen molar-refractivity contribution in [3.63, 3.8) is 0 Å². The monoisotopic (exact) mass is 413 g/mol. The van der Waals surface area contributed by atoms with Crippen LogP contribution >= 0.6 is 0 Å². The molecule has 4 rings (SSSR count). The molecule has 1 heterocycles. The Hall–Kier alpha value is -3.11. The summed E-state index contributed by atoms with van der Waals surface area (Å²) in [7, 11) is 1.97. The van der Waals surface area contributed by atoms with Crippen molar-refractivity contribution >= 4 is 22.9 Å². The molecule has 31 heavy (non-hydrogen) atoms. The van der Waals surface area contributed by atoms with E-state index in [2.05, 4.69) is 85.2 Å². The third-order valence-corrected chi connectivity index (χ3v) is 6.33. The maximum Gasteiger partial charge on any atom is 0.224 e. The lowest BCUT2D eigenvalue weighted by Gasteiger charge is -2.39. The number of para-hydroxylation sites is 1. The van der Waals surface area contributed by atoms with Crippen LogP contribution < -0.4 is 15.5 Å². The van der Waals surface area contributed by atoms with Gasteiger partial charge in [0.2, 0.25) is 5.91 Å². The highest BCUT2D eigenvalue weighted by molar-refractivity contribution is 5.94. The molecule has 4 heteroatoms. The van der Waals surface area contributed by atoms with Crippen LogP contribution in [0.15, 0.2) is 78.9 Å². The van der Waals surface area contributed by atoms with Gasteiger partial charge in [-0.3, -0.25) is 4.79 Å². The van der Waals surface area contributed by atoms with E-state index in [9.17, 15) is 4.79 Å². The molecule has 3 unspecified atom stereocenters. The van der Waals surface area contributed by atoms with E-state index in [0.29, 0.717) is 0 Å². The third kappa shape index (κ3) is 4.35. The van der Waals surface area contributed by atoms with Gasteiger partial charge in [-0.1, -0.05) is 54.6 Å². The minimum atomic E-state index is -0.162. The maximum absolute atomic E-state index is 12.4. The number of fused-ring (bicyclic) bond motifs is 1. The van der Waals surface area contributed by atoms with Crippen LogP contribution in [0, 0.1) is 0 Å². The lowest BCUT2D eigenvalue weighted by molar-refractivity contribution is -0.117. The minimum Gasteiger partial charge on any atom is -0.378 e. The highest BCUT2D eigenvalue weighted by Gasteiger charge is 2.32. The van der Waals surface area contributed by atoms with Gasteiger partial charge >= 0.3 is 0 Å². The van der Waals surface area contributed by atoms with E-state index in [1.807, 2.05) is 30.1 Å². The molecule has 2 N–H and O–H groups in total. The lowest BCUT2D eigenvalue weighted by Crippen LogP contribution is -2.43. The first-order chi connectivity index (χ1) is 14.9. The Bertz CT molecular complexity index is 1050. The predicted molar refractivity (Wildman–Crippen MR) is 130 cm³/mol. The summed E-state index contributed by atoms with van der Waals surface area (Å²) >= 11 is 0. The van der Waals surface area contributed by atoms with Crippen LogP contribution in [-0.2, 0) is 4.79 Å². The molecule has 0 spiro atoms. The SMILES string of the molecule is CNC1(C)C=CC=C(c2ccc3c(c2)C(Nc2ccccc2)CC(C)N3C(C)=O)C=C1. The number of nitrogens with one attached hydrogen (secondary N) is 2. The molecule has 4 nitrogen and oxygen atoms in total. The number of carbonyl (C=O) groups is 1. The van der Waals surface area contributed by atoms with E-state index in [1.54, 1.807) is 6.92 Å². The minimum absolute atomic E-state index is 0.0842. The second kappa shape index (κ2) is 8.56. The van der Waals surface area contributed by atoms with Gasteiger partial charge in [-0.25, -0.2) is 0 Å². The summed E-state index contributed by atoms with van der Waals surface area (Å²) in [5, 5.41) is 7.03. The van der Waals surface area contributed by atoms with Crippen molar-refractivity contribution < 1.29 is 4.79 Å². The zero-order chi connectivity index (χ0) is 22.0. The zero-order valence-corrected chi connectivity index (χ0v) is 18.7. The second-order valence-electron chi connectivity index (χ2n) is 8.66. The average molecular weight is 414 g/mol. The van der Waals surface area contributed by atoms with E-state index < -0.39 is 0 Å². The van der Waals surface area contributed by atoms with Crippen LogP contribution in [0.3, 0.4) is 0 Å². The predicted octanol–water partition coefficient (Wildman–Crippen LogP) is 5.47. The second-order valence-corrected chi connectivity index (χ2v) is 8.66. The van der Waals surface area contributed by atoms with Crippen molar-refractivity contribution in [1.82, 2.24) is 5.32 Å². The number of benzene rings is 2. The molecule has 1 aliphatic heterocycles. The summed E-state index contributed by atoms with van der Waals surface area (Å²) < 4.78 is 0. The van der Waals surface area contributed by atoms with Gasteiger partial charge in [0, 0.05) is 24.3 Å². The van der Waals surface area contributed by atoms with Gasteiger partial charge < -0.3 is 15.5 Å². The fraction of sp³-hybridized carbons (Fsp3) is 0.296. The smallest absolute Gasteiger partial charge is 0.224 e. The first-order valence-electron chi connectivity index (χ1n) is 10.9. The van der Waals surface area contributed by atoms with Gasteiger partial charge in [0.25, 0.3) is 0 Å². The Balaban J connectivity index is 1.75. The largest absolute Gasteiger partial charge is 0.378 e. The molecule has 2 aromatic rings. The van der Waals surface area contributed by atoms with Crippen molar-refractivity contribution in [3.05, 3.63) is 90.0 Å². The number of amides is 1. The summed E-state index contributed by atoms with van der Waals surface area (Å²) in [4.78, 5) is 14.4. The molecule has 0 aromatic heterocycles. The summed E-state index contributed by atoms with van der Waals surface area (Å²) in [6.45, 7) is 5.92. The van der Waals surface area contributed by atoms with Gasteiger partial charge in [-0.2, -0.15) is 0 Å². The lowest BCUT2D eigenvalue weighted by atomic mass is 9.88. The first-order valence-corrected chi connectivity index (χ1v) is 10.9. The van der Waals surface area contributed by atoms with Gasteiger partial charge in [-0.15, -0.1) is 0 Å². The summed E-state index contributed by atoms with van der Waals surface area (Å²) in [5.74, 6) is 0.0842. The van der Waals surface area contributed by atoms with Crippen LogP contribution in [0.2, 0.25) is 0 Å². The van der Waals surface area contributed by atoms with E-state index in [-0.39, 0.29) is 23.5 Å². The molecule has 0 fully saturated rings. The van der Waals surface area contributed by atoms with Crippen LogP contribution in [0.5, 0.6) is 0 Å². The Labute approximate surface area is 185 Å². The Kier molecular flexibility index (Phi) is 5.84. The molecule has 0 radical (unpaired) electrons. The summed E-state index contributed by atoms with van der Waals surface area (Å²) in [5.41, 5.74) is 5.40. The topological polar surface area (TPSA) is 44.4 Å². The molecule has 160 valence electrons. The number of likely N-dealkylation sites (N-methyl/N-ethyl adjacent to an activating group) is 1. The third-order valence-electron chi connectivity index (χ3n) is 6.33. The number of hydrogen-bond donors (Lipinski definition) is 2. The normalized spacial score (nSPS) is 24.9. The molecular formula is C27H31N3O. The molecule has 0 bridgehead atoms. The Morgan fingerprint density at radius 3 is 2.61 bits per heavy atom. The molecule has 2 aliphatic rings. The molecule has 2 aromatic carbocycles. The maximum atomic E-state index is 12.4. The number of allylic oxidation sites excluding steroid dienone is 4. The molecule has 1 aliphatic carbocycles. The van der Waals surface area contributed by atoms with Gasteiger partial charge in [0.1, 0.15) is 0 Å². The molecular weight excluding hydrogens is 382 g/mol. The van der Waals surface area contributed by atoms with Gasteiger partial charge in [-0.05, 0) is 68.3 Å². The molecule has 3 atom stereocenters. The zero-order valence-electron chi connectivity index (χ0n) is 18.7. The average Bonchev–Trinajstić information content (AvgIpc) is 2.96. The molecule has 1 amide bonds. The van der Waals surface area contributed by atoms with Crippen LogP contribution in [0.25, 0.3) is 5.57 Å². The van der Waals surface area contributed by atoms with E-state index in [4.69, 9.17) is 0 Å². The quantitative estimate of drug-likeness (QED) is 0.698. The standard InChI is InChI=1S/C27H31N3O/c1-19-17-25(29-23-10-6-5-7-11-23)24-18-22(12-13-26(24)30(19)20(2)31)21-9-8-15-27(3,28-4)16-14-21/h5-16,18-19,25,28-29H,17H2,1-4H3. The number of anilines is 2. The van der Waals surface area contributed by atoms with Crippen molar-refractivity contribution in [1.29, 1.82) is 0 Å². The number of rotatable bonds is 4. The van der Waals surface area contributed by atoms with Crippen LogP contribution in [-0.4, -0.2) is 24.5 Å². The van der Waals surface area contributed by atoms with Crippen LogP contribution in [0.4, 0.5) is 11.4 Å². The van der Waals surface area contributed by atoms with Crippen molar-refractivity contribution in [3.8, 4) is 0 Å². The molecule has 0 saturated heterocycles. The van der Waals surface area contributed by atoms with Crippen molar-refractivity contribution in [2.45, 2.75) is 44.8 Å². The fourth-order valence-electron chi connectivity index (χ4n) is 4.48. The first kappa shape index (κ1) is 21.1. The number of carbonyl (C=O) groups excluding carboxylic acids is 1. The molecule has 0 saturated carbocycles. The number of hydrogen-bond acceptors (Lipinski definition) is 3. The van der Waals surface area contributed by atoms with E-state index in [1.165, 1.54) is 0 Å². The highest BCUT2D eigenvalue weighted by atomic mass is 16.2. The summed E-state index contributed by atoms with van der Waals surface area (Å²) in [6.07, 6.45) is 11.6. The summed E-state index contributed by atoms with van der Waals surface area (Å²) in [6, 6.07) is 17.0. The van der Waals surface area contributed by atoms with E-state index in [0.717, 1.165) is 34.5 Å². The van der Waals surface area contributed by atoms with Gasteiger partial charge in [0.15, 0.2) is 0 Å². The van der Waals surface area contributed by atoms with Crippen LogP contribution in [0.1, 0.15) is 44.4 Å².